The Morgan fingerprint density at radius 2 is 1.88 bits per heavy atom. The first-order valence-electron chi connectivity index (χ1n) is 5.14. The minimum absolute atomic E-state index is 0.113. The van der Waals surface area contributed by atoms with E-state index < -0.39 is 0 Å². The number of anilines is 1. The van der Waals surface area contributed by atoms with E-state index in [0.29, 0.717) is 10.7 Å². The number of nitrogens with zero attached hydrogens (tertiary/aromatic N) is 1. The number of hydrogen-bond acceptors (Lipinski definition) is 4. The van der Waals surface area contributed by atoms with Gasteiger partial charge in [-0.05, 0) is 37.5 Å². The summed E-state index contributed by atoms with van der Waals surface area (Å²) in [6.45, 7) is 5.54. The highest BCUT2D eigenvalue weighted by atomic mass is 35.5. The van der Waals surface area contributed by atoms with Gasteiger partial charge >= 0.3 is 0 Å². The number of aromatic hydroxyl groups is 1. The number of benzene rings is 1. The molecule has 90 valence electrons. The molecule has 2 aromatic rings. The van der Waals surface area contributed by atoms with Crippen LogP contribution in [0, 0.1) is 20.8 Å². The first-order valence-corrected chi connectivity index (χ1v) is 5.52. The minimum atomic E-state index is 0.113. The van der Waals surface area contributed by atoms with Crippen molar-refractivity contribution in [3.05, 3.63) is 27.8 Å². The van der Waals surface area contributed by atoms with Gasteiger partial charge in [0.05, 0.1) is 5.02 Å². The molecule has 1 aromatic carbocycles. The third kappa shape index (κ3) is 1.74. The Labute approximate surface area is 104 Å². The standard InChI is InChI=1S/C12H13ClN2O2/c1-5-6(2)12(16)11(13)7(3)10(5)8-4-9(14)17-15-8/h4,16H,14H2,1-3H3. The summed E-state index contributed by atoms with van der Waals surface area (Å²) >= 11 is 6.08. The predicted octanol–water partition coefficient (Wildman–Crippen LogP) is 3.21. The largest absolute Gasteiger partial charge is 0.506 e. The number of hydrogen-bond donors (Lipinski definition) is 2. The van der Waals surface area contributed by atoms with Crippen molar-refractivity contribution in [1.82, 2.24) is 5.16 Å². The van der Waals surface area contributed by atoms with E-state index in [0.717, 1.165) is 22.3 Å². The summed E-state index contributed by atoms with van der Waals surface area (Å²) in [5.74, 6) is 0.363. The van der Waals surface area contributed by atoms with Crippen molar-refractivity contribution in [2.45, 2.75) is 20.8 Å². The van der Waals surface area contributed by atoms with Crippen molar-refractivity contribution in [2.24, 2.45) is 0 Å². The summed E-state index contributed by atoms with van der Waals surface area (Å²) in [6.07, 6.45) is 0. The maximum atomic E-state index is 9.84. The number of nitrogens with two attached hydrogens (primary N) is 1. The average Bonchev–Trinajstić information content (AvgIpc) is 2.71. The number of phenolic OH excluding ortho intramolecular Hbond substituents is 1. The van der Waals surface area contributed by atoms with Crippen molar-refractivity contribution >= 4 is 17.5 Å². The normalized spacial score (nSPS) is 10.8. The summed E-state index contributed by atoms with van der Waals surface area (Å²) in [7, 11) is 0. The van der Waals surface area contributed by atoms with Gasteiger partial charge in [0.2, 0.25) is 5.88 Å². The summed E-state index contributed by atoms with van der Waals surface area (Å²) in [5.41, 5.74) is 9.40. The zero-order valence-electron chi connectivity index (χ0n) is 9.84. The highest BCUT2D eigenvalue weighted by molar-refractivity contribution is 6.33. The van der Waals surface area contributed by atoms with Crippen molar-refractivity contribution in [3.63, 3.8) is 0 Å². The minimum Gasteiger partial charge on any atom is -0.506 e. The third-order valence-corrected chi connectivity index (χ3v) is 3.45. The van der Waals surface area contributed by atoms with E-state index in [2.05, 4.69) is 5.16 Å². The second-order valence-electron chi connectivity index (χ2n) is 4.03. The molecule has 17 heavy (non-hydrogen) atoms. The Morgan fingerprint density at radius 3 is 2.41 bits per heavy atom. The fourth-order valence-corrected chi connectivity index (χ4v) is 2.13. The summed E-state index contributed by atoms with van der Waals surface area (Å²) < 4.78 is 4.86. The molecular formula is C12H13ClN2O2. The van der Waals surface area contributed by atoms with E-state index in [4.69, 9.17) is 21.9 Å². The summed E-state index contributed by atoms with van der Waals surface area (Å²) in [5, 5.41) is 14.1. The molecule has 0 bridgehead atoms. The molecule has 0 spiro atoms. The van der Waals surface area contributed by atoms with Crippen LogP contribution in [-0.2, 0) is 0 Å². The van der Waals surface area contributed by atoms with E-state index in [-0.39, 0.29) is 11.6 Å². The third-order valence-electron chi connectivity index (χ3n) is 2.99. The molecule has 2 rings (SSSR count). The Bertz CT molecular complexity index is 561. The van der Waals surface area contributed by atoms with Gasteiger partial charge in [-0.1, -0.05) is 16.8 Å². The van der Waals surface area contributed by atoms with Gasteiger partial charge in [-0.25, -0.2) is 0 Å². The maximum absolute atomic E-state index is 9.84. The molecule has 0 saturated carbocycles. The van der Waals surface area contributed by atoms with Crippen LogP contribution in [0.3, 0.4) is 0 Å². The fraction of sp³-hybridized carbons (Fsp3) is 0.250. The molecule has 4 nitrogen and oxygen atoms in total. The fourth-order valence-electron chi connectivity index (χ4n) is 1.89. The topological polar surface area (TPSA) is 72.3 Å². The van der Waals surface area contributed by atoms with Gasteiger partial charge in [0.15, 0.2) is 0 Å². The van der Waals surface area contributed by atoms with Gasteiger partial charge in [0.1, 0.15) is 11.4 Å². The lowest BCUT2D eigenvalue weighted by Gasteiger charge is -2.14. The highest BCUT2D eigenvalue weighted by Crippen LogP contribution is 2.40. The van der Waals surface area contributed by atoms with Gasteiger partial charge in [-0.15, -0.1) is 0 Å². The predicted molar refractivity (Wildman–Crippen MR) is 67.2 cm³/mol. The molecule has 0 radical (unpaired) electrons. The smallest absolute Gasteiger partial charge is 0.222 e. The van der Waals surface area contributed by atoms with Crippen LogP contribution in [0.4, 0.5) is 5.88 Å². The molecule has 0 aliphatic heterocycles. The SMILES string of the molecule is Cc1c(C)c(-c2cc(N)on2)c(C)c(Cl)c1O. The molecule has 0 aliphatic carbocycles. The molecule has 1 aromatic heterocycles. The number of nitrogen functional groups attached to an aromatic ring is 1. The number of phenols is 1. The van der Waals surface area contributed by atoms with Crippen LogP contribution in [0.1, 0.15) is 16.7 Å². The number of rotatable bonds is 1. The molecule has 0 aliphatic rings. The van der Waals surface area contributed by atoms with E-state index in [9.17, 15) is 5.11 Å². The lowest BCUT2D eigenvalue weighted by Crippen LogP contribution is -1.94. The molecule has 0 amide bonds. The summed E-state index contributed by atoms with van der Waals surface area (Å²) in [6, 6.07) is 1.64. The average molecular weight is 253 g/mol. The van der Waals surface area contributed by atoms with E-state index in [1.165, 1.54) is 0 Å². The first-order chi connectivity index (χ1) is 7.93. The molecule has 0 fully saturated rings. The van der Waals surface area contributed by atoms with Crippen molar-refractivity contribution in [2.75, 3.05) is 5.73 Å². The molecule has 5 heteroatoms. The van der Waals surface area contributed by atoms with Gasteiger partial charge in [0.25, 0.3) is 0 Å². The van der Waals surface area contributed by atoms with Gasteiger partial charge in [-0.3, -0.25) is 0 Å². The van der Waals surface area contributed by atoms with E-state index >= 15 is 0 Å². The monoisotopic (exact) mass is 252 g/mol. The van der Waals surface area contributed by atoms with Crippen LogP contribution >= 0.6 is 11.6 Å². The van der Waals surface area contributed by atoms with Gasteiger partial charge in [-0.2, -0.15) is 0 Å². The first kappa shape index (κ1) is 11.8. The highest BCUT2D eigenvalue weighted by Gasteiger charge is 2.18. The Balaban J connectivity index is 2.78. The van der Waals surface area contributed by atoms with E-state index in [1.54, 1.807) is 6.07 Å². The van der Waals surface area contributed by atoms with Crippen LogP contribution in [0.15, 0.2) is 10.6 Å². The van der Waals surface area contributed by atoms with Crippen LogP contribution in [0.2, 0.25) is 5.02 Å². The van der Waals surface area contributed by atoms with Crippen LogP contribution < -0.4 is 5.73 Å². The summed E-state index contributed by atoms with van der Waals surface area (Å²) in [4.78, 5) is 0. The van der Waals surface area contributed by atoms with Gasteiger partial charge in [0, 0.05) is 11.6 Å². The Morgan fingerprint density at radius 1 is 1.24 bits per heavy atom. The van der Waals surface area contributed by atoms with E-state index in [1.807, 2.05) is 20.8 Å². The maximum Gasteiger partial charge on any atom is 0.222 e. The molecule has 1 heterocycles. The molecule has 0 unspecified atom stereocenters. The number of aromatic nitrogens is 1. The van der Waals surface area contributed by atoms with Crippen LogP contribution in [0.25, 0.3) is 11.3 Å². The Hall–Kier alpha value is -1.68. The quantitative estimate of drug-likeness (QED) is 0.817. The Kier molecular flexibility index (Phi) is 2.75. The number of halogens is 1. The molecular weight excluding hydrogens is 240 g/mol. The molecule has 0 atom stereocenters. The molecule has 0 saturated heterocycles. The lowest BCUT2D eigenvalue weighted by atomic mass is 9.95. The van der Waals surface area contributed by atoms with Crippen LogP contribution in [0.5, 0.6) is 5.75 Å². The second-order valence-corrected chi connectivity index (χ2v) is 4.41. The zero-order chi connectivity index (χ0) is 12.7. The zero-order valence-corrected chi connectivity index (χ0v) is 10.6. The van der Waals surface area contributed by atoms with Crippen molar-refractivity contribution in [3.8, 4) is 17.0 Å². The van der Waals surface area contributed by atoms with Crippen molar-refractivity contribution < 1.29 is 9.63 Å². The second kappa shape index (κ2) is 3.96. The van der Waals surface area contributed by atoms with Gasteiger partial charge < -0.3 is 15.4 Å². The van der Waals surface area contributed by atoms with Crippen LogP contribution in [-0.4, -0.2) is 10.3 Å². The lowest BCUT2D eigenvalue weighted by molar-refractivity contribution is 0.439. The van der Waals surface area contributed by atoms with Crippen molar-refractivity contribution in [1.29, 1.82) is 0 Å². The molecule has 3 N–H and O–H groups in total.